The molecule has 0 aliphatic heterocycles. The molecule has 0 saturated carbocycles. The number of fused-ring (bicyclic) bond motifs is 1. The van der Waals surface area contributed by atoms with Crippen molar-refractivity contribution in [2.24, 2.45) is 18.7 Å². The van der Waals surface area contributed by atoms with Crippen LogP contribution in [0.3, 0.4) is 0 Å². The van der Waals surface area contributed by atoms with Gasteiger partial charge in [0.1, 0.15) is 0 Å². The van der Waals surface area contributed by atoms with Crippen LogP contribution in [0.15, 0.2) is 30.5 Å². The summed E-state index contributed by atoms with van der Waals surface area (Å²) in [4.78, 5) is 0. The number of para-hydroxylation sites is 1. The smallest absolute Gasteiger partial charge is 0.0481 e. The van der Waals surface area contributed by atoms with Gasteiger partial charge in [-0.15, -0.1) is 0 Å². The van der Waals surface area contributed by atoms with Crippen molar-refractivity contribution in [1.82, 2.24) is 9.88 Å². The molecule has 17 heavy (non-hydrogen) atoms. The minimum Gasteiger partial charge on any atom is -0.350 e. The molecule has 2 rings (SSSR count). The van der Waals surface area contributed by atoms with Crippen molar-refractivity contribution in [2.45, 2.75) is 13.5 Å². The third kappa shape index (κ3) is 2.68. The molecule has 0 saturated heterocycles. The number of benzene rings is 1. The number of nitrogens with zero attached hydrogens (tertiary/aromatic N) is 1. The van der Waals surface area contributed by atoms with Crippen molar-refractivity contribution in [2.75, 3.05) is 13.1 Å². The molecule has 1 heterocycles. The second-order valence-corrected chi connectivity index (χ2v) is 4.75. The lowest BCUT2D eigenvalue weighted by Crippen LogP contribution is -2.25. The van der Waals surface area contributed by atoms with E-state index in [0.717, 1.165) is 19.6 Å². The molecule has 0 bridgehead atoms. The van der Waals surface area contributed by atoms with Crippen LogP contribution in [0.4, 0.5) is 0 Å². The maximum atomic E-state index is 5.60. The topological polar surface area (TPSA) is 43.0 Å². The van der Waals surface area contributed by atoms with Crippen molar-refractivity contribution in [3.63, 3.8) is 0 Å². The second kappa shape index (κ2) is 5.34. The van der Waals surface area contributed by atoms with Gasteiger partial charge in [-0.25, -0.2) is 0 Å². The molecule has 0 spiro atoms. The summed E-state index contributed by atoms with van der Waals surface area (Å²) in [6.07, 6.45) is 2.20. The summed E-state index contributed by atoms with van der Waals surface area (Å²) in [5.74, 6) is 0.532. The predicted molar refractivity (Wildman–Crippen MR) is 72.8 cm³/mol. The average Bonchev–Trinajstić information content (AvgIpc) is 2.67. The van der Waals surface area contributed by atoms with E-state index in [-0.39, 0.29) is 0 Å². The molecular weight excluding hydrogens is 210 g/mol. The van der Waals surface area contributed by atoms with Crippen LogP contribution < -0.4 is 11.1 Å². The Balaban J connectivity index is 2.09. The van der Waals surface area contributed by atoms with Crippen molar-refractivity contribution in [3.05, 3.63) is 36.0 Å². The normalized spacial score (nSPS) is 13.1. The molecule has 2 aromatic rings. The molecule has 0 radical (unpaired) electrons. The lowest BCUT2D eigenvalue weighted by atomic mass is 10.1. The van der Waals surface area contributed by atoms with Crippen LogP contribution in [-0.2, 0) is 13.6 Å². The van der Waals surface area contributed by atoms with Gasteiger partial charge in [0.05, 0.1) is 0 Å². The zero-order chi connectivity index (χ0) is 12.3. The fourth-order valence-corrected chi connectivity index (χ4v) is 2.10. The summed E-state index contributed by atoms with van der Waals surface area (Å²) in [6.45, 7) is 4.78. The average molecular weight is 231 g/mol. The van der Waals surface area contributed by atoms with Crippen molar-refractivity contribution in [1.29, 1.82) is 0 Å². The summed E-state index contributed by atoms with van der Waals surface area (Å²) in [5.41, 5.74) is 8.24. The number of aromatic nitrogens is 1. The summed E-state index contributed by atoms with van der Waals surface area (Å²) < 4.78 is 2.18. The van der Waals surface area contributed by atoms with E-state index in [2.05, 4.69) is 54.3 Å². The van der Waals surface area contributed by atoms with Crippen LogP contribution in [-0.4, -0.2) is 17.7 Å². The van der Waals surface area contributed by atoms with Crippen LogP contribution in [0.2, 0.25) is 0 Å². The Morgan fingerprint density at radius 3 is 2.88 bits per heavy atom. The van der Waals surface area contributed by atoms with Gasteiger partial charge in [-0.3, -0.25) is 0 Å². The van der Waals surface area contributed by atoms with Crippen LogP contribution in [0.5, 0.6) is 0 Å². The fourth-order valence-electron chi connectivity index (χ4n) is 2.10. The van der Waals surface area contributed by atoms with Crippen LogP contribution in [0, 0.1) is 5.92 Å². The standard InChI is InChI=1S/C14H21N3/c1-11(7-15)8-16-9-12-10-17(2)14-6-4-3-5-13(12)14/h3-6,10-11,16H,7-9,15H2,1-2H3. The molecule has 92 valence electrons. The number of nitrogens with one attached hydrogen (secondary N) is 1. The van der Waals surface area contributed by atoms with Gasteiger partial charge < -0.3 is 15.6 Å². The highest BCUT2D eigenvalue weighted by Gasteiger charge is 2.05. The molecule has 3 nitrogen and oxygen atoms in total. The van der Waals surface area contributed by atoms with Crippen molar-refractivity contribution < 1.29 is 0 Å². The summed E-state index contributed by atoms with van der Waals surface area (Å²) in [6, 6.07) is 8.50. The van der Waals surface area contributed by atoms with Crippen LogP contribution >= 0.6 is 0 Å². The van der Waals surface area contributed by atoms with Crippen molar-refractivity contribution >= 4 is 10.9 Å². The molecule has 1 atom stereocenters. The van der Waals surface area contributed by atoms with Gasteiger partial charge in [0.2, 0.25) is 0 Å². The van der Waals surface area contributed by atoms with E-state index in [1.165, 1.54) is 16.5 Å². The third-order valence-corrected chi connectivity index (χ3v) is 3.19. The summed E-state index contributed by atoms with van der Waals surface area (Å²) in [5, 5.41) is 4.80. The van der Waals surface area contributed by atoms with E-state index in [0.29, 0.717) is 5.92 Å². The SMILES string of the molecule is CC(CN)CNCc1cn(C)c2ccccc12. The third-order valence-electron chi connectivity index (χ3n) is 3.19. The Hall–Kier alpha value is -1.32. The lowest BCUT2D eigenvalue weighted by Gasteiger charge is -2.09. The number of hydrogen-bond donors (Lipinski definition) is 2. The number of aryl methyl sites for hydroxylation is 1. The Morgan fingerprint density at radius 1 is 1.35 bits per heavy atom. The monoisotopic (exact) mass is 231 g/mol. The highest BCUT2D eigenvalue weighted by molar-refractivity contribution is 5.83. The maximum Gasteiger partial charge on any atom is 0.0481 e. The Kier molecular flexibility index (Phi) is 3.82. The number of hydrogen-bond acceptors (Lipinski definition) is 2. The van der Waals surface area contributed by atoms with E-state index >= 15 is 0 Å². The first-order valence-electron chi connectivity index (χ1n) is 6.16. The van der Waals surface area contributed by atoms with Gasteiger partial charge in [0, 0.05) is 30.7 Å². The molecule has 0 fully saturated rings. The first-order chi connectivity index (χ1) is 8.22. The molecule has 0 aliphatic rings. The van der Waals surface area contributed by atoms with Gasteiger partial charge >= 0.3 is 0 Å². The van der Waals surface area contributed by atoms with E-state index in [9.17, 15) is 0 Å². The predicted octanol–water partition coefficient (Wildman–Crippen LogP) is 1.86. The minimum atomic E-state index is 0.532. The zero-order valence-electron chi connectivity index (χ0n) is 10.6. The first-order valence-corrected chi connectivity index (χ1v) is 6.16. The van der Waals surface area contributed by atoms with Gasteiger partial charge in [-0.05, 0) is 30.6 Å². The van der Waals surface area contributed by atoms with E-state index < -0.39 is 0 Å². The Morgan fingerprint density at radius 2 is 2.12 bits per heavy atom. The Bertz CT molecular complexity index is 487. The van der Waals surface area contributed by atoms with Gasteiger partial charge in [-0.1, -0.05) is 25.1 Å². The molecule has 0 aliphatic carbocycles. The Labute approximate surface area is 103 Å². The number of rotatable bonds is 5. The summed E-state index contributed by atoms with van der Waals surface area (Å²) >= 11 is 0. The molecular formula is C14H21N3. The van der Waals surface area contributed by atoms with E-state index in [1.54, 1.807) is 0 Å². The summed E-state index contributed by atoms with van der Waals surface area (Å²) in [7, 11) is 2.09. The molecule has 1 aromatic heterocycles. The van der Waals surface area contributed by atoms with E-state index in [1.807, 2.05) is 0 Å². The quantitative estimate of drug-likeness (QED) is 0.825. The molecule has 0 amide bonds. The molecule has 3 heteroatoms. The first kappa shape index (κ1) is 12.1. The second-order valence-electron chi connectivity index (χ2n) is 4.75. The van der Waals surface area contributed by atoms with Crippen molar-refractivity contribution in [3.8, 4) is 0 Å². The van der Waals surface area contributed by atoms with Gasteiger partial charge in [0.15, 0.2) is 0 Å². The zero-order valence-corrected chi connectivity index (χ0v) is 10.6. The lowest BCUT2D eigenvalue weighted by molar-refractivity contribution is 0.522. The maximum absolute atomic E-state index is 5.60. The van der Waals surface area contributed by atoms with Gasteiger partial charge in [0.25, 0.3) is 0 Å². The van der Waals surface area contributed by atoms with Crippen LogP contribution in [0.1, 0.15) is 12.5 Å². The highest BCUT2D eigenvalue weighted by atomic mass is 14.9. The van der Waals surface area contributed by atoms with Crippen LogP contribution in [0.25, 0.3) is 10.9 Å². The van der Waals surface area contributed by atoms with Gasteiger partial charge in [-0.2, -0.15) is 0 Å². The highest BCUT2D eigenvalue weighted by Crippen LogP contribution is 2.19. The molecule has 3 N–H and O–H groups in total. The number of nitrogens with two attached hydrogens (primary N) is 1. The fraction of sp³-hybridized carbons (Fsp3) is 0.429. The minimum absolute atomic E-state index is 0.532. The largest absolute Gasteiger partial charge is 0.350 e. The molecule has 1 unspecified atom stereocenters. The van der Waals surface area contributed by atoms with E-state index in [4.69, 9.17) is 5.73 Å². The molecule has 1 aromatic carbocycles.